The molecular formula is C26H26Cl2N2O2S. The van der Waals surface area contributed by atoms with Gasteiger partial charge in [0.05, 0.1) is 4.88 Å². The van der Waals surface area contributed by atoms with Crippen molar-refractivity contribution >= 4 is 46.5 Å². The minimum absolute atomic E-state index is 0.0877. The first-order valence-corrected chi connectivity index (χ1v) is 12.5. The second-order valence-electron chi connectivity index (χ2n) is 7.95. The van der Waals surface area contributed by atoms with Crippen LogP contribution in [0.5, 0.6) is 5.75 Å². The molecule has 4 rings (SSSR count). The molecule has 0 aliphatic carbocycles. The zero-order chi connectivity index (χ0) is 23.2. The minimum Gasteiger partial charge on any atom is -0.488 e. The molecule has 3 aromatic rings. The number of hydrogen-bond acceptors (Lipinski definition) is 4. The van der Waals surface area contributed by atoms with E-state index < -0.39 is 0 Å². The molecule has 0 spiro atoms. The van der Waals surface area contributed by atoms with E-state index in [2.05, 4.69) is 4.90 Å². The Morgan fingerprint density at radius 1 is 1.09 bits per heavy atom. The Bertz CT molecular complexity index is 1140. The van der Waals surface area contributed by atoms with Gasteiger partial charge < -0.3 is 9.64 Å². The van der Waals surface area contributed by atoms with E-state index in [0.29, 0.717) is 29.7 Å². The molecule has 0 saturated carbocycles. The second kappa shape index (κ2) is 11.2. The van der Waals surface area contributed by atoms with E-state index in [1.165, 1.54) is 11.3 Å². The number of amides is 1. The number of thiophene rings is 1. The highest BCUT2D eigenvalue weighted by atomic mass is 35.5. The Morgan fingerprint density at radius 2 is 1.88 bits per heavy atom. The van der Waals surface area contributed by atoms with Crippen LogP contribution in [0.25, 0.3) is 6.08 Å². The monoisotopic (exact) mass is 500 g/mol. The molecule has 1 fully saturated rings. The molecule has 0 bridgehead atoms. The summed E-state index contributed by atoms with van der Waals surface area (Å²) >= 11 is 13.8. The summed E-state index contributed by atoms with van der Waals surface area (Å²) in [6, 6.07) is 15.5. The number of rotatable bonds is 7. The van der Waals surface area contributed by atoms with E-state index >= 15 is 0 Å². The first-order valence-electron chi connectivity index (χ1n) is 10.9. The number of benzene rings is 2. The zero-order valence-electron chi connectivity index (χ0n) is 18.5. The molecule has 0 atom stereocenters. The molecule has 1 aromatic heterocycles. The lowest BCUT2D eigenvalue weighted by Gasteiger charge is -2.34. The highest BCUT2D eigenvalue weighted by molar-refractivity contribution is 7.12. The average Bonchev–Trinajstić information content (AvgIpc) is 3.30. The molecule has 0 N–H and O–H groups in total. The van der Waals surface area contributed by atoms with Crippen LogP contribution in [0.4, 0.5) is 0 Å². The van der Waals surface area contributed by atoms with E-state index in [0.717, 1.165) is 47.0 Å². The van der Waals surface area contributed by atoms with Gasteiger partial charge in [0.1, 0.15) is 12.4 Å². The number of hydrogen-bond donors (Lipinski definition) is 0. The fraction of sp³-hybridized carbons (Fsp3) is 0.269. The van der Waals surface area contributed by atoms with E-state index in [4.69, 9.17) is 27.9 Å². The lowest BCUT2D eigenvalue weighted by molar-refractivity contribution is 0.0633. The van der Waals surface area contributed by atoms with Crippen LogP contribution >= 0.6 is 34.5 Å². The highest BCUT2D eigenvalue weighted by Crippen LogP contribution is 2.25. The van der Waals surface area contributed by atoms with Crippen molar-refractivity contribution in [3.63, 3.8) is 0 Å². The van der Waals surface area contributed by atoms with Gasteiger partial charge in [-0.15, -0.1) is 11.3 Å². The molecule has 1 amide bonds. The third-order valence-electron chi connectivity index (χ3n) is 5.59. The van der Waals surface area contributed by atoms with E-state index in [9.17, 15) is 4.79 Å². The number of carbonyl (C=O) groups is 1. The number of halogens is 2. The number of para-hydroxylation sites is 1. The van der Waals surface area contributed by atoms with Crippen LogP contribution in [0.3, 0.4) is 0 Å². The smallest absolute Gasteiger partial charge is 0.264 e. The molecule has 172 valence electrons. The molecule has 1 aliphatic rings. The first-order chi connectivity index (χ1) is 16.0. The van der Waals surface area contributed by atoms with Crippen molar-refractivity contribution in [2.75, 3.05) is 26.2 Å². The van der Waals surface area contributed by atoms with Gasteiger partial charge >= 0.3 is 0 Å². The lowest BCUT2D eigenvalue weighted by atomic mass is 10.2. The molecule has 7 heteroatoms. The molecular weight excluding hydrogens is 475 g/mol. The summed E-state index contributed by atoms with van der Waals surface area (Å²) in [5.41, 5.74) is 3.11. The number of nitrogens with zero attached hydrogens (tertiary/aromatic N) is 2. The fourth-order valence-electron chi connectivity index (χ4n) is 3.81. The van der Waals surface area contributed by atoms with Crippen molar-refractivity contribution in [2.45, 2.75) is 20.1 Å². The number of allylic oxidation sites excluding steroid dienone is 1. The lowest BCUT2D eigenvalue weighted by Crippen LogP contribution is -2.48. The summed E-state index contributed by atoms with van der Waals surface area (Å²) in [5, 5.41) is 3.33. The van der Waals surface area contributed by atoms with Crippen molar-refractivity contribution in [1.82, 2.24) is 9.80 Å². The van der Waals surface area contributed by atoms with Crippen molar-refractivity contribution < 1.29 is 9.53 Å². The molecule has 1 aliphatic heterocycles. The van der Waals surface area contributed by atoms with Gasteiger partial charge in [-0.25, -0.2) is 0 Å². The Morgan fingerprint density at radius 3 is 2.64 bits per heavy atom. The maximum absolute atomic E-state index is 13.0. The van der Waals surface area contributed by atoms with E-state index in [-0.39, 0.29) is 5.91 Å². The molecule has 4 nitrogen and oxygen atoms in total. The van der Waals surface area contributed by atoms with E-state index in [1.54, 1.807) is 6.07 Å². The highest BCUT2D eigenvalue weighted by Gasteiger charge is 2.23. The van der Waals surface area contributed by atoms with Crippen LogP contribution in [0, 0.1) is 0 Å². The SMILES string of the molecule is C/C=C/c1ccccc1OCc1csc(C(=O)N2CCN(Cc3ccc(Cl)cc3Cl)CC2)c1. The quantitative estimate of drug-likeness (QED) is 0.365. The van der Waals surface area contributed by atoms with Crippen LogP contribution in [-0.2, 0) is 13.2 Å². The summed E-state index contributed by atoms with van der Waals surface area (Å²) in [6.07, 6.45) is 4.02. The second-order valence-corrected chi connectivity index (χ2v) is 9.70. The van der Waals surface area contributed by atoms with Crippen molar-refractivity contribution in [2.24, 2.45) is 0 Å². The van der Waals surface area contributed by atoms with Crippen LogP contribution in [0.1, 0.15) is 33.3 Å². The predicted octanol–water partition coefficient (Wildman–Crippen LogP) is 6.63. The molecule has 33 heavy (non-hydrogen) atoms. The largest absolute Gasteiger partial charge is 0.488 e. The Kier molecular flexibility index (Phi) is 8.10. The zero-order valence-corrected chi connectivity index (χ0v) is 20.8. The Balaban J connectivity index is 1.30. The van der Waals surface area contributed by atoms with Gasteiger partial charge in [0.2, 0.25) is 0 Å². The molecule has 1 saturated heterocycles. The minimum atomic E-state index is 0.0877. The maximum Gasteiger partial charge on any atom is 0.264 e. The van der Waals surface area contributed by atoms with Crippen LogP contribution in [0.15, 0.2) is 60.0 Å². The number of piperazine rings is 1. The summed E-state index contributed by atoms with van der Waals surface area (Å²) in [5.74, 6) is 0.927. The van der Waals surface area contributed by atoms with Gasteiger partial charge in [-0.2, -0.15) is 0 Å². The standard InChI is InChI=1S/C26H26Cl2N2O2S/c1-2-5-20-6-3-4-7-24(20)32-17-19-14-25(33-18-19)26(31)30-12-10-29(11-13-30)16-21-8-9-22(27)15-23(21)28/h2-9,14-15,18H,10-13,16-17H2,1H3/b5-2+. The van der Waals surface area contributed by atoms with Gasteiger partial charge in [-0.05, 0) is 42.1 Å². The Hall–Kier alpha value is -2.31. The Labute approximate surface area is 209 Å². The summed E-state index contributed by atoms with van der Waals surface area (Å²) in [6.45, 7) is 6.21. The third-order valence-corrected chi connectivity index (χ3v) is 7.15. The maximum atomic E-state index is 13.0. The summed E-state index contributed by atoms with van der Waals surface area (Å²) in [4.78, 5) is 18.0. The average molecular weight is 501 g/mol. The molecule has 0 radical (unpaired) electrons. The fourth-order valence-corrected chi connectivity index (χ4v) is 5.14. The van der Waals surface area contributed by atoms with Gasteiger partial charge in [0.15, 0.2) is 0 Å². The van der Waals surface area contributed by atoms with E-state index in [1.807, 2.05) is 71.8 Å². The first kappa shape index (κ1) is 23.8. The molecule has 2 heterocycles. The summed E-state index contributed by atoms with van der Waals surface area (Å²) < 4.78 is 6.01. The van der Waals surface area contributed by atoms with Crippen LogP contribution in [-0.4, -0.2) is 41.9 Å². The normalized spacial score (nSPS) is 14.7. The molecule has 2 aromatic carbocycles. The van der Waals surface area contributed by atoms with Crippen LogP contribution in [0.2, 0.25) is 10.0 Å². The van der Waals surface area contributed by atoms with Gasteiger partial charge in [0, 0.05) is 53.9 Å². The van der Waals surface area contributed by atoms with Gasteiger partial charge in [0.25, 0.3) is 5.91 Å². The predicted molar refractivity (Wildman–Crippen MR) is 137 cm³/mol. The summed E-state index contributed by atoms with van der Waals surface area (Å²) in [7, 11) is 0. The molecule has 0 unspecified atom stereocenters. The van der Waals surface area contributed by atoms with Crippen molar-refractivity contribution in [3.05, 3.63) is 91.6 Å². The van der Waals surface area contributed by atoms with Crippen molar-refractivity contribution in [3.8, 4) is 5.75 Å². The topological polar surface area (TPSA) is 32.8 Å². The van der Waals surface area contributed by atoms with Gasteiger partial charge in [-0.3, -0.25) is 9.69 Å². The van der Waals surface area contributed by atoms with Crippen LogP contribution < -0.4 is 4.74 Å². The third kappa shape index (κ3) is 6.18. The van der Waals surface area contributed by atoms with Gasteiger partial charge in [-0.1, -0.05) is 59.6 Å². The van der Waals surface area contributed by atoms with Crippen molar-refractivity contribution in [1.29, 1.82) is 0 Å². The number of ether oxygens (including phenoxy) is 1. The number of carbonyl (C=O) groups excluding carboxylic acids is 1.